The number of hydrogen-bond donors (Lipinski definition) is 1. The molecule has 2 saturated heterocycles. The fourth-order valence-electron chi connectivity index (χ4n) is 3.14. The van der Waals surface area contributed by atoms with Crippen LogP contribution in [-0.2, 0) is 0 Å². The molecule has 0 atom stereocenters. The molecule has 2 aromatic rings. The van der Waals surface area contributed by atoms with E-state index in [4.69, 9.17) is 4.42 Å². The van der Waals surface area contributed by atoms with E-state index >= 15 is 0 Å². The van der Waals surface area contributed by atoms with E-state index in [1.165, 1.54) is 0 Å². The summed E-state index contributed by atoms with van der Waals surface area (Å²) in [5.41, 5.74) is 1.46. The van der Waals surface area contributed by atoms with Gasteiger partial charge in [0.1, 0.15) is 11.8 Å². The van der Waals surface area contributed by atoms with E-state index < -0.39 is 0 Å². The molecular formula is C16H19N3O2. The second-order valence-corrected chi connectivity index (χ2v) is 5.79. The molecule has 1 aromatic heterocycles. The second-order valence-electron chi connectivity index (χ2n) is 5.79. The normalized spacial score (nSPS) is 20.7. The largest absolute Gasteiger partial charge is 0.463 e. The molecular weight excluding hydrogens is 266 g/mol. The smallest absolute Gasteiger partial charge is 0.257 e. The predicted octanol–water partition coefficient (Wildman–Crippen LogP) is 1.16. The summed E-state index contributed by atoms with van der Waals surface area (Å²) >= 11 is 0. The van der Waals surface area contributed by atoms with Gasteiger partial charge in [-0.2, -0.15) is 0 Å². The third-order valence-electron chi connectivity index (χ3n) is 4.59. The maximum absolute atomic E-state index is 12.7. The molecule has 0 unspecified atom stereocenters. The summed E-state index contributed by atoms with van der Waals surface area (Å²) in [5, 5.41) is 4.21. The van der Waals surface area contributed by atoms with E-state index in [0.29, 0.717) is 11.6 Å². The van der Waals surface area contributed by atoms with Gasteiger partial charge in [-0.1, -0.05) is 18.2 Å². The molecule has 2 fully saturated rings. The van der Waals surface area contributed by atoms with Crippen molar-refractivity contribution in [3.05, 3.63) is 36.1 Å². The zero-order valence-corrected chi connectivity index (χ0v) is 11.9. The van der Waals surface area contributed by atoms with Crippen LogP contribution in [0.2, 0.25) is 0 Å². The number of nitrogens with zero attached hydrogens (tertiary/aromatic N) is 2. The average molecular weight is 285 g/mol. The topological polar surface area (TPSA) is 48.7 Å². The molecule has 2 aliphatic rings. The summed E-state index contributed by atoms with van der Waals surface area (Å²) in [6.07, 6.45) is 1.59. The molecule has 0 radical (unpaired) electrons. The van der Waals surface area contributed by atoms with Crippen LogP contribution in [0.25, 0.3) is 11.0 Å². The number of benzene rings is 1. The van der Waals surface area contributed by atoms with Crippen LogP contribution in [-0.4, -0.2) is 61.0 Å². The third-order valence-corrected chi connectivity index (χ3v) is 4.59. The summed E-state index contributed by atoms with van der Waals surface area (Å²) in [4.78, 5) is 17.1. The molecule has 21 heavy (non-hydrogen) atoms. The summed E-state index contributed by atoms with van der Waals surface area (Å²) in [5.74, 6) is 0.0892. The van der Waals surface area contributed by atoms with Gasteiger partial charge in [-0.15, -0.1) is 0 Å². The first-order chi connectivity index (χ1) is 10.3. The van der Waals surface area contributed by atoms with Crippen LogP contribution < -0.4 is 5.32 Å². The first kappa shape index (κ1) is 12.9. The van der Waals surface area contributed by atoms with Gasteiger partial charge in [0.15, 0.2) is 0 Å². The number of carbonyl (C=O) groups is 1. The van der Waals surface area contributed by atoms with Crippen molar-refractivity contribution in [1.29, 1.82) is 0 Å². The molecule has 5 heteroatoms. The zero-order chi connectivity index (χ0) is 14.2. The van der Waals surface area contributed by atoms with Crippen molar-refractivity contribution >= 4 is 16.9 Å². The zero-order valence-electron chi connectivity index (χ0n) is 11.9. The Balaban J connectivity index is 1.48. The number of fused-ring (bicyclic) bond motifs is 1. The Kier molecular flexibility index (Phi) is 3.16. The van der Waals surface area contributed by atoms with Gasteiger partial charge >= 0.3 is 0 Å². The Bertz CT molecular complexity index is 654. The molecule has 1 N–H and O–H groups in total. The van der Waals surface area contributed by atoms with Crippen LogP contribution in [0.4, 0.5) is 0 Å². The number of furan rings is 1. The predicted molar refractivity (Wildman–Crippen MR) is 80.3 cm³/mol. The molecule has 1 aromatic carbocycles. The third kappa shape index (κ3) is 2.22. The van der Waals surface area contributed by atoms with Crippen molar-refractivity contribution in [3.8, 4) is 0 Å². The maximum atomic E-state index is 12.7. The van der Waals surface area contributed by atoms with E-state index in [9.17, 15) is 4.79 Å². The fraction of sp³-hybridized carbons (Fsp3) is 0.438. The number of rotatable bonds is 2. The van der Waals surface area contributed by atoms with Gasteiger partial charge in [0, 0.05) is 50.7 Å². The first-order valence-electron chi connectivity index (χ1n) is 7.53. The Labute approximate surface area is 123 Å². The average Bonchev–Trinajstić information content (AvgIpc) is 2.89. The van der Waals surface area contributed by atoms with Gasteiger partial charge in [-0.05, 0) is 6.07 Å². The summed E-state index contributed by atoms with van der Waals surface area (Å²) in [6, 6.07) is 8.37. The number of para-hydroxylation sites is 1. The SMILES string of the molecule is O=C(c1coc2ccccc12)N1CCN(C2CNC2)CC1. The highest BCUT2D eigenvalue weighted by Crippen LogP contribution is 2.22. The highest BCUT2D eigenvalue weighted by Gasteiger charge is 2.30. The molecule has 0 saturated carbocycles. The van der Waals surface area contributed by atoms with Crippen LogP contribution in [0.1, 0.15) is 10.4 Å². The Morgan fingerprint density at radius 2 is 1.90 bits per heavy atom. The Hall–Kier alpha value is -1.85. The van der Waals surface area contributed by atoms with E-state index in [1.807, 2.05) is 29.2 Å². The van der Waals surface area contributed by atoms with Crippen molar-refractivity contribution in [2.45, 2.75) is 6.04 Å². The fourth-order valence-corrected chi connectivity index (χ4v) is 3.14. The first-order valence-corrected chi connectivity index (χ1v) is 7.53. The Morgan fingerprint density at radius 1 is 1.14 bits per heavy atom. The van der Waals surface area contributed by atoms with Crippen LogP contribution in [0.5, 0.6) is 0 Å². The van der Waals surface area contributed by atoms with Gasteiger partial charge in [0.25, 0.3) is 5.91 Å². The van der Waals surface area contributed by atoms with E-state index in [-0.39, 0.29) is 5.91 Å². The minimum absolute atomic E-state index is 0.0892. The number of piperazine rings is 1. The monoisotopic (exact) mass is 285 g/mol. The van der Waals surface area contributed by atoms with Crippen LogP contribution in [0.15, 0.2) is 34.9 Å². The molecule has 1 amide bonds. The van der Waals surface area contributed by atoms with E-state index in [1.54, 1.807) is 6.26 Å². The molecule has 2 aliphatic heterocycles. The van der Waals surface area contributed by atoms with Crippen LogP contribution in [0.3, 0.4) is 0 Å². The Morgan fingerprint density at radius 3 is 2.62 bits per heavy atom. The summed E-state index contributed by atoms with van der Waals surface area (Å²) < 4.78 is 5.48. The number of nitrogens with one attached hydrogen (secondary N) is 1. The van der Waals surface area contributed by atoms with Crippen molar-refractivity contribution in [2.24, 2.45) is 0 Å². The summed E-state index contributed by atoms with van der Waals surface area (Å²) in [6.45, 7) is 5.70. The number of hydrogen-bond acceptors (Lipinski definition) is 4. The van der Waals surface area contributed by atoms with Crippen molar-refractivity contribution in [1.82, 2.24) is 15.1 Å². The summed E-state index contributed by atoms with van der Waals surface area (Å²) in [7, 11) is 0. The maximum Gasteiger partial charge on any atom is 0.257 e. The number of carbonyl (C=O) groups excluding carboxylic acids is 1. The highest BCUT2D eigenvalue weighted by molar-refractivity contribution is 6.05. The van der Waals surface area contributed by atoms with Crippen LogP contribution >= 0.6 is 0 Å². The lowest BCUT2D eigenvalue weighted by Gasteiger charge is -2.43. The standard InChI is InChI=1S/C16H19N3O2/c20-16(14-11-21-15-4-2-1-3-13(14)15)19-7-5-18(6-8-19)12-9-17-10-12/h1-4,11-12,17H,5-10H2. The van der Waals surface area contributed by atoms with Gasteiger partial charge in [0.05, 0.1) is 5.56 Å². The van der Waals surface area contributed by atoms with Crippen molar-refractivity contribution in [2.75, 3.05) is 39.3 Å². The van der Waals surface area contributed by atoms with Crippen LogP contribution in [0, 0.1) is 0 Å². The highest BCUT2D eigenvalue weighted by atomic mass is 16.3. The minimum Gasteiger partial charge on any atom is -0.463 e. The van der Waals surface area contributed by atoms with E-state index in [2.05, 4.69) is 10.2 Å². The quantitative estimate of drug-likeness (QED) is 0.899. The lowest BCUT2D eigenvalue weighted by atomic mass is 10.1. The van der Waals surface area contributed by atoms with Crippen molar-refractivity contribution in [3.63, 3.8) is 0 Å². The molecule has 110 valence electrons. The van der Waals surface area contributed by atoms with Gasteiger partial charge < -0.3 is 14.6 Å². The lowest BCUT2D eigenvalue weighted by Crippen LogP contribution is -2.62. The molecule has 3 heterocycles. The lowest BCUT2D eigenvalue weighted by molar-refractivity contribution is 0.0503. The molecule has 5 nitrogen and oxygen atoms in total. The van der Waals surface area contributed by atoms with Gasteiger partial charge in [0.2, 0.25) is 0 Å². The molecule has 0 spiro atoms. The number of amides is 1. The minimum atomic E-state index is 0.0892. The van der Waals surface area contributed by atoms with Gasteiger partial charge in [-0.25, -0.2) is 0 Å². The molecule has 0 bridgehead atoms. The van der Waals surface area contributed by atoms with Gasteiger partial charge in [-0.3, -0.25) is 9.69 Å². The van der Waals surface area contributed by atoms with Crippen molar-refractivity contribution < 1.29 is 9.21 Å². The molecule has 0 aliphatic carbocycles. The van der Waals surface area contributed by atoms with E-state index in [0.717, 1.165) is 50.2 Å². The molecule has 4 rings (SSSR count). The second kappa shape index (κ2) is 5.16.